The van der Waals surface area contributed by atoms with Gasteiger partial charge in [-0.05, 0) is 52.0 Å². The Morgan fingerprint density at radius 3 is 2.23 bits per heavy atom. The van der Waals surface area contributed by atoms with Crippen molar-refractivity contribution in [3.8, 4) is 0 Å². The van der Waals surface area contributed by atoms with Crippen LogP contribution in [0.1, 0.15) is 47.5 Å². The highest BCUT2D eigenvalue weighted by molar-refractivity contribution is 4.84. The summed E-state index contributed by atoms with van der Waals surface area (Å²) in [5.74, 6) is 1.76. The number of rotatable bonds is 2. The second-order valence-corrected chi connectivity index (χ2v) is 5.12. The molecule has 0 spiro atoms. The lowest BCUT2D eigenvalue weighted by Crippen LogP contribution is -2.48. The standard InChI is InChI=1S/C12H25N/c1-9(2)12-7-6-8-13(10(3)4)11(12)5/h9-12H,6-8H2,1-5H3/t11?,12-/m0/s1. The Morgan fingerprint density at radius 1 is 1.15 bits per heavy atom. The van der Waals surface area contributed by atoms with Crippen LogP contribution in [0.5, 0.6) is 0 Å². The molecule has 1 aliphatic heterocycles. The lowest BCUT2D eigenvalue weighted by atomic mass is 9.81. The Hall–Kier alpha value is -0.0400. The summed E-state index contributed by atoms with van der Waals surface area (Å²) in [6.45, 7) is 13.1. The van der Waals surface area contributed by atoms with Crippen molar-refractivity contribution in [1.29, 1.82) is 0 Å². The summed E-state index contributed by atoms with van der Waals surface area (Å²) in [6.07, 6.45) is 2.83. The zero-order chi connectivity index (χ0) is 10.0. The largest absolute Gasteiger partial charge is 0.298 e. The summed E-state index contributed by atoms with van der Waals surface area (Å²) >= 11 is 0. The summed E-state index contributed by atoms with van der Waals surface area (Å²) in [4.78, 5) is 2.66. The Balaban J connectivity index is 2.60. The zero-order valence-corrected chi connectivity index (χ0v) is 9.88. The lowest BCUT2D eigenvalue weighted by molar-refractivity contribution is 0.0543. The highest BCUT2D eigenvalue weighted by Gasteiger charge is 2.30. The molecule has 1 saturated heterocycles. The third kappa shape index (κ3) is 2.46. The molecule has 0 radical (unpaired) electrons. The average Bonchev–Trinajstić information content (AvgIpc) is 2.03. The van der Waals surface area contributed by atoms with Gasteiger partial charge in [-0.3, -0.25) is 4.90 Å². The van der Waals surface area contributed by atoms with Crippen molar-refractivity contribution in [2.75, 3.05) is 6.54 Å². The Morgan fingerprint density at radius 2 is 1.77 bits per heavy atom. The van der Waals surface area contributed by atoms with Gasteiger partial charge in [-0.1, -0.05) is 13.8 Å². The molecule has 0 aliphatic carbocycles. The van der Waals surface area contributed by atoms with Gasteiger partial charge in [-0.25, -0.2) is 0 Å². The third-order valence-corrected chi connectivity index (χ3v) is 3.62. The van der Waals surface area contributed by atoms with E-state index in [2.05, 4.69) is 39.5 Å². The molecule has 1 unspecified atom stereocenters. The van der Waals surface area contributed by atoms with Gasteiger partial charge < -0.3 is 0 Å². The molecule has 0 aromatic heterocycles. The van der Waals surface area contributed by atoms with Crippen LogP contribution in [0.25, 0.3) is 0 Å². The number of hydrogen-bond acceptors (Lipinski definition) is 1. The van der Waals surface area contributed by atoms with Gasteiger partial charge in [0.05, 0.1) is 0 Å². The van der Waals surface area contributed by atoms with Crippen LogP contribution >= 0.6 is 0 Å². The normalized spacial score (nSPS) is 31.6. The number of nitrogens with zero attached hydrogens (tertiary/aromatic N) is 1. The molecule has 2 atom stereocenters. The number of hydrogen-bond donors (Lipinski definition) is 0. The first-order chi connectivity index (χ1) is 6.04. The van der Waals surface area contributed by atoms with Crippen molar-refractivity contribution in [3.05, 3.63) is 0 Å². The molecule has 0 bridgehead atoms. The van der Waals surface area contributed by atoms with E-state index in [1.807, 2.05) is 0 Å². The van der Waals surface area contributed by atoms with Gasteiger partial charge in [-0.2, -0.15) is 0 Å². The molecule has 1 nitrogen and oxygen atoms in total. The molecular formula is C12H25N. The van der Waals surface area contributed by atoms with Crippen LogP contribution < -0.4 is 0 Å². The van der Waals surface area contributed by atoms with Crippen LogP contribution in [0.4, 0.5) is 0 Å². The molecule has 1 heterocycles. The summed E-state index contributed by atoms with van der Waals surface area (Å²) in [7, 11) is 0. The van der Waals surface area contributed by atoms with Gasteiger partial charge in [0, 0.05) is 12.1 Å². The molecule has 78 valence electrons. The van der Waals surface area contributed by atoms with E-state index in [4.69, 9.17) is 0 Å². The maximum absolute atomic E-state index is 2.66. The van der Waals surface area contributed by atoms with Crippen molar-refractivity contribution < 1.29 is 0 Å². The third-order valence-electron chi connectivity index (χ3n) is 3.62. The molecule has 1 heteroatoms. The van der Waals surface area contributed by atoms with Crippen molar-refractivity contribution in [1.82, 2.24) is 4.90 Å². The van der Waals surface area contributed by atoms with Gasteiger partial charge in [0.15, 0.2) is 0 Å². The van der Waals surface area contributed by atoms with Crippen molar-refractivity contribution >= 4 is 0 Å². The zero-order valence-electron chi connectivity index (χ0n) is 9.88. The van der Waals surface area contributed by atoms with Gasteiger partial charge in [-0.15, -0.1) is 0 Å². The predicted octanol–water partition coefficient (Wildman–Crippen LogP) is 3.15. The minimum absolute atomic E-state index is 0.719. The summed E-state index contributed by atoms with van der Waals surface area (Å²) in [5.41, 5.74) is 0. The molecule has 1 aliphatic rings. The molecule has 1 fully saturated rings. The molecular weight excluding hydrogens is 158 g/mol. The molecule has 0 N–H and O–H groups in total. The van der Waals surface area contributed by atoms with Crippen LogP contribution in [0.3, 0.4) is 0 Å². The van der Waals surface area contributed by atoms with Crippen LogP contribution in [-0.4, -0.2) is 23.5 Å². The fourth-order valence-corrected chi connectivity index (χ4v) is 2.82. The number of likely N-dealkylation sites (tertiary alicyclic amines) is 1. The lowest BCUT2D eigenvalue weighted by Gasteiger charge is -2.43. The maximum atomic E-state index is 2.66. The predicted molar refractivity (Wildman–Crippen MR) is 58.9 cm³/mol. The number of piperidine rings is 1. The van der Waals surface area contributed by atoms with E-state index in [1.54, 1.807) is 0 Å². The van der Waals surface area contributed by atoms with Gasteiger partial charge in [0.25, 0.3) is 0 Å². The van der Waals surface area contributed by atoms with E-state index in [0.29, 0.717) is 0 Å². The van der Waals surface area contributed by atoms with Crippen LogP contribution in [0, 0.1) is 11.8 Å². The SMILES string of the molecule is CC(C)[C@@H]1CCCN(C(C)C)C1C. The van der Waals surface area contributed by atoms with E-state index >= 15 is 0 Å². The maximum Gasteiger partial charge on any atom is 0.0100 e. The quantitative estimate of drug-likeness (QED) is 0.635. The van der Waals surface area contributed by atoms with Crippen molar-refractivity contribution in [2.24, 2.45) is 11.8 Å². The Kier molecular flexibility index (Phi) is 3.78. The van der Waals surface area contributed by atoms with Crippen LogP contribution in [-0.2, 0) is 0 Å². The van der Waals surface area contributed by atoms with Gasteiger partial charge in [0.2, 0.25) is 0 Å². The van der Waals surface area contributed by atoms with Crippen molar-refractivity contribution in [2.45, 2.75) is 59.5 Å². The van der Waals surface area contributed by atoms with Crippen LogP contribution in [0.2, 0.25) is 0 Å². The Bertz CT molecular complexity index is 135. The fourth-order valence-electron chi connectivity index (χ4n) is 2.82. The molecule has 13 heavy (non-hydrogen) atoms. The molecule has 0 saturated carbocycles. The second kappa shape index (κ2) is 4.45. The fraction of sp³-hybridized carbons (Fsp3) is 1.00. The van der Waals surface area contributed by atoms with E-state index in [1.165, 1.54) is 19.4 Å². The topological polar surface area (TPSA) is 3.24 Å². The highest BCUT2D eigenvalue weighted by atomic mass is 15.2. The molecule has 1 rings (SSSR count). The smallest absolute Gasteiger partial charge is 0.0100 e. The first kappa shape index (κ1) is 11.0. The summed E-state index contributed by atoms with van der Waals surface area (Å²) < 4.78 is 0. The van der Waals surface area contributed by atoms with Crippen LogP contribution in [0.15, 0.2) is 0 Å². The minimum atomic E-state index is 0.719. The first-order valence-corrected chi connectivity index (χ1v) is 5.79. The Labute approximate surface area is 83.5 Å². The van der Waals surface area contributed by atoms with E-state index in [-0.39, 0.29) is 0 Å². The monoisotopic (exact) mass is 183 g/mol. The summed E-state index contributed by atoms with van der Waals surface area (Å²) in [6, 6.07) is 1.50. The van der Waals surface area contributed by atoms with E-state index in [9.17, 15) is 0 Å². The summed E-state index contributed by atoms with van der Waals surface area (Å²) in [5, 5.41) is 0. The van der Waals surface area contributed by atoms with Gasteiger partial charge in [0.1, 0.15) is 0 Å². The average molecular weight is 183 g/mol. The molecule has 0 aromatic rings. The molecule has 0 aromatic carbocycles. The van der Waals surface area contributed by atoms with E-state index < -0.39 is 0 Å². The van der Waals surface area contributed by atoms with Crippen molar-refractivity contribution in [3.63, 3.8) is 0 Å². The van der Waals surface area contributed by atoms with Gasteiger partial charge >= 0.3 is 0 Å². The van der Waals surface area contributed by atoms with E-state index in [0.717, 1.165) is 23.9 Å². The first-order valence-electron chi connectivity index (χ1n) is 5.79. The highest BCUT2D eigenvalue weighted by Crippen LogP contribution is 2.30. The minimum Gasteiger partial charge on any atom is -0.298 e. The molecule has 0 amide bonds. The second-order valence-electron chi connectivity index (χ2n) is 5.12.